The summed E-state index contributed by atoms with van der Waals surface area (Å²) < 4.78 is 27.3. The minimum absolute atomic E-state index is 0.0341. The van der Waals surface area contributed by atoms with Crippen molar-refractivity contribution in [3.05, 3.63) is 95.4 Å². The van der Waals surface area contributed by atoms with E-state index in [-0.39, 0.29) is 24.1 Å². The van der Waals surface area contributed by atoms with Crippen LogP contribution in [0.15, 0.2) is 72.9 Å². The predicted octanol–water partition coefficient (Wildman–Crippen LogP) is 5.70. The highest BCUT2D eigenvalue weighted by molar-refractivity contribution is 6.06. The fourth-order valence-electron chi connectivity index (χ4n) is 6.06. The number of ether oxygens (including phenoxy) is 2. The number of nitrogens with zero attached hydrogens (tertiary/aromatic N) is 3. The van der Waals surface area contributed by atoms with Gasteiger partial charge in [-0.2, -0.15) is 0 Å². The Balaban J connectivity index is 1.43. The van der Waals surface area contributed by atoms with Crippen LogP contribution in [-0.2, 0) is 16.1 Å². The monoisotopic (exact) mass is 536 g/mol. The number of aromatic nitrogens is 2. The Hall–Kier alpha value is -4.43. The summed E-state index contributed by atoms with van der Waals surface area (Å²) in [6.07, 6.45) is 2.42. The number of rotatable bonds is 5. The second kappa shape index (κ2) is 9.95. The topological polar surface area (TPSA) is 68.6 Å². The largest absolute Gasteiger partial charge is 0.497 e. The highest BCUT2D eigenvalue weighted by Gasteiger charge is 2.32. The molecular formula is C32H29FN4O3. The maximum absolute atomic E-state index is 14.0. The standard InChI is InChI=1S/C32H29FN4O3/c1-39-23-9-8-21-15-25(32(35-28(21)16-23)36-10-12-40-13-11-36)24-17-30(38)34-27-6-3-7-29-31(27)26(24)19-37(29)18-20-4-2-5-22(33)14-20/h2-9,14-16,19,24H,10-13,17-18H2,1H3,(H,34,38). The SMILES string of the molecule is COc1ccc2cc(C3CC(=O)Nc4cccc5c4c3cn5Cc3cccc(F)c3)c(N3CCOCC3)nc2c1. The highest BCUT2D eigenvalue weighted by Crippen LogP contribution is 2.44. The lowest BCUT2D eigenvalue weighted by Crippen LogP contribution is -2.37. The summed E-state index contributed by atoms with van der Waals surface area (Å²) in [6, 6.07) is 20.7. The summed E-state index contributed by atoms with van der Waals surface area (Å²) in [4.78, 5) is 20.7. The molecule has 0 spiro atoms. The lowest BCUT2D eigenvalue weighted by molar-refractivity contribution is -0.116. The summed E-state index contributed by atoms with van der Waals surface area (Å²) >= 11 is 0. The summed E-state index contributed by atoms with van der Waals surface area (Å²) in [5, 5.41) is 5.14. The lowest BCUT2D eigenvalue weighted by atomic mass is 9.87. The summed E-state index contributed by atoms with van der Waals surface area (Å²) in [5.74, 6) is 1.10. The van der Waals surface area contributed by atoms with Gasteiger partial charge in [-0.1, -0.05) is 18.2 Å². The molecule has 4 heterocycles. The van der Waals surface area contributed by atoms with E-state index in [4.69, 9.17) is 14.5 Å². The average Bonchev–Trinajstić information content (AvgIpc) is 3.26. The molecule has 7 rings (SSSR count). The van der Waals surface area contributed by atoms with E-state index in [9.17, 15) is 9.18 Å². The van der Waals surface area contributed by atoms with Gasteiger partial charge in [0.1, 0.15) is 17.4 Å². The molecule has 1 saturated heterocycles. The number of hydrogen-bond acceptors (Lipinski definition) is 5. The first-order chi connectivity index (χ1) is 19.6. The molecule has 1 amide bonds. The van der Waals surface area contributed by atoms with Crippen LogP contribution < -0.4 is 15.0 Å². The maximum atomic E-state index is 14.0. The number of amides is 1. The molecule has 0 radical (unpaired) electrons. The first kappa shape index (κ1) is 24.6. The molecule has 0 aliphatic carbocycles. The van der Waals surface area contributed by atoms with Crippen molar-refractivity contribution in [1.82, 2.24) is 9.55 Å². The number of anilines is 2. The number of carbonyl (C=O) groups is 1. The normalized spacial score (nSPS) is 17.2. The van der Waals surface area contributed by atoms with Gasteiger partial charge < -0.3 is 24.3 Å². The third-order valence-electron chi connectivity index (χ3n) is 7.94. The van der Waals surface area contributed by atoms with Crippen LogP contribution in [0, 0.1) is 5.82 Å². The Morgan fingerprint density at radius 3 is 2.73 bits per heavy atom. The molecule has 1 unspecified atom stereocenters. The van der Waals surface area contributed by atoms with Gasteiger partial charge >= 0.3 is 0 Å². The van der Waals surface area contributed by atoms with Crippen LogP contribution in [0.25, 0.3) is 21.8 Å². The van der Waals surface area contributed by atoms with Crippen LogP contribution in [0.2, 0.25) is 0 Å². The van der Waals surface area contributed by atoms with Crippen LogP contribution in [0.4, 0.5) is 15.9 Å². The first-order valence-corrected chi connectivity index (χ1v) is 13.5. The van der Waals surface area contributed by atoms with Gasteiger partial charge in [0.15, 0.2) is 0 Å². The summed E-state index contributed by atoms with van der Waals surface area (Å²) in [6.45, 7) is 3.21. The van der Waals surface area contributed by atoms with Crippen LogP contribution in [0.3, 0.4) is 0 Å². The minimum atomic E-state index is -0.254. The van der Waals surface area contributed by atoms with Gasteiger partial charge in [0.25, 0.3) is 0 Å². The van der Waals surface area contributed by atoms with Crippen LogP contribution in [-0.4, -0.2) is 48.9 Å². The average molecular weight is 537 g/mol. The van der Waals surface area contributed by atoms with Crippen molar-refractivity contribution in [2.45, 2.75) is 18.9 Å². The Kier molecular flexibility index (Phi) is 6.12. The molecular weight excluding hydrogens is 507 g/mol. The second-order valence-electron chi connectivity index (χ2n) is 10.4. The summed E-state index contributed by atoms with van der Waals surface area (Å²) in [5.41, 5.74) is 5.58. The van der Waals surface area contributed by atoms with E-state index in [1.165, 1.54) is 6.07 Å². The fourth-order valence-corrected chi connectivity index (χ4v) is 6.06. The molecule has 1 atom stereocenters. The van der Waals surface area contributed by atoms with Crippen LogP contribution >= 0.6 is 0 Å². The Labute approximate surface area is 231 Å². The quantitative estimate of drug-likeness (QED) is 0.312. The van der Waals surface area contributed by atoms with E-state index in [0.29, 0.717) is 19.8 Å². The Bertz CT molecular complexity index is 1760. The molecule has 1 fully saturated rings. The molecule has 1 N–H and O–H groups in total. The summed E-state index contributed by atoms with van der Waals surface area (Å²) in [7, 11) is 1.65. The number of carbonyl (C=O) groups excluding carboxylic acids is 1. The number of hydrogen-bond donors (Lipinski definition) is 1. The molecule has 2 aromatic heterocycles. The zero-order chi connectivity index (χ0) is 27.2. The van der Waals surface area contributed by atoms with E-state index in [2.05, 4.69) is 33.1 Å². The number of methoxy groups -OCH3 is 1. The number of benzene rings is 3. The van der Waals surface area contributed by atoms with Crippen molar-refractivity contribution >= 4 is 39.2 Å². The molecule has 7 nitrogen and oxygen atoms in total. The second-order valence-corrected chi connectivity index (χ2v) is 10.4. The van der Waals surface area contributed by atoms with Crippen molar-refractivity contribution in [2.75, 3.05) is 43.6 Å². The van der Waals surface area contributed by atoms with Crippen molar-refractivity contribution in [3.63, 3.8) is 0 Å². The van der Waals surface area contributed by atoms with Gasteiger partial charge in [0, 0.05) is 60.6 Å². The molecule has 0 bridgehead atoms. The van der Waals surface area contributed by atoms with E-state index < -0.39 is 0 Å². The van der Waals surface area contributed by atoms with E-state index in [1.54, 1.807) is 19.2 Å². The van der Waals surface area contributed by atoms with Crippen LogP contribution in [0.1, 0.15) is 29.0 Å². The van der Waals surface area contributed by atoms with Gasteiger partial charge in [0.05, 0.1) is 37.0 Å². The molecule has 40 heavy (non-hydrogen) atoms. The van der Waals surface area contributed by atoms with Gasteiger partial charge in [-0.05, 0) is 53.6 Å². The molecule has 5 aromatic rings. The molecule has 8 heteroatoms. The fraction of sp³-hybridized carbons (Fsp3) is 0.250. The first-order valence-electron chi connectivity index (χ1n) is 13.5. The highest BCUT2D eigenvalue weighted by atomic mass is 19.1. The van der Waals surface area contributed by atoms with Crippen molar-refractivity contribution < 1.29 is 18.7 Å². The van der Waals surface area contributed by atoms with E-state index in [0.717, 1.165) is 68.8 Å². The smallest absolute Gasteiger partial charge is 0.225 e. The third kappa shape index (κ3) is 4.34. The molecule has 3 aromatic carbocycles. The minimum Gasteiger partial charge on any atom is -0.497 e. The maximum Gasteiger partial charge on any atom is 0.225 e. The van der Waals surface area contributed by atoms with Gasteiger partial charge in [-0.25, -0.2) is 9.37 Å². The number of halogens is 1. The van der Waals surface area contributed by atoms with E-state index >= 15 is 0 Å². The molecule has 202 valence electrons. The van der Waals surface area contributed by atoms with Gasteiger partial charge in [0.2, 0.25) is 5.91 Å². The third-order valence-corrected chi connectivity index (χ3v) is 7.94. The number of nitrogens with one attached hydrogen (secondary N) is 1. The van der Waals surface area contributed by atoms with Crippen molar-refractivity contribution in [2.24, 2.45) is 0 Å². The van der Waals surface area contributed by atoms with Gasteiger partial charge in [-0.3, -0.25) is 4.79 Å². The number of morpholine rings is 1. The Morgan fingerprint density at radius 2 is 1.90 bits per heavy atom. The molecule has 2 aliphatic rings. The number of pyridine rings is 1. The Morgan fingerprint density at radius 1 is 1.05 bits per heavy atom. The number of fused-ring (bicyclic) bond motifs is 1. The van der Waals surface area contributed by atoms with Crippen molar-refractivity contribution in [1.29, 1.82) is 0 Å². The van der Waals surface area contributed by atoms with Gasteiger partial charge in [-0.15, -0.1) is 0 Å². The predicted molar refractivity (Wildman–Crippen MR) is 154 cm³/mol. The molecule has 2 aliphatic heterocycles. The lowest BCUT2D eigenvalue weighted by Gasteiger charge is -2.31. The van der Waals surface area contributed by atoms with Crippen LogP contribution in [0.5, 0.6) is 5.75 Å². The zero-order valence-electron chi connectivity index (χ0n) is 22.2. The van der Waals surface area contributed by atoms with Crippen molar-refractivity contribution in [3.8, 4) is 5.75 Å². The zero-order valence-corrected chi connectivity index (χ0v) is 22.2. The van der Waals surface area contributed by atoms with E-state index in [1.807, 2.05) is 36.4 Å². The molecule has 0 saturated carbocycles.